The molecule has 3 aromatic carbocycles. The minimum absolute atomic E-state index is 0.0333. The molecule has 41 heavy (non-hydrogen) atoms. The molecule has 0 aliphatic heterocycles. The number of nitrogens with one attached hydrogen (secondary N) is 2. The third-order valence-corrected chi connectivity index (χ3v) is 6.81. The number of guanidine groups is 1. The number of benzene rings is 3. The zero-order chi connectivity index (χ0) is 29.4. The number of aliphatic imine (C=N–C) groups is 1. The Morgan fingerprint density at radius 1 is 0.878 bits per heavy atom. The second kappa shape index (κ2) is 13.4. The number of carboxylic acid groups (broad SMARTS) is 1. The standard InChI is InChI=1S/C30H32FN5O5/c31-19(16-34-29(32)33)15-26(28(38)39)35-27(37)25(14-18-8-2-1-3-9-18)36-30(40)41-17-24-22-12-6-4-10-20(22)21-11-5-7-13-23(21)24/h1-13,19,24-26H,14-17H2,(H,35,37)(H,36,40)(H,38,39)(H4,32,33,34)/t19?,25-,26-/m0/s1. The van der Waals surface area contributed by atoms with Gasteiger partial charge >= 0.3 is 12.1 Å². The van der Waals surface area contributed by atoms with Crippen molar-refractivity contribution >= 4 is 23.9 Å². The number of ether oxygens (including phenoxy) is 1. The van der Waals surface area contributed by atoms with Gasteiger partial charge in [0.05, 0.1) is 6.54 Å². The number of fused-ring (bicyclic) bond motifs is 3. The van der Waals surface area contributed by atoms with Crippen molar-refractivity contribution in [1.29, 1.82) is 0 Å². The Labute approximate surface area is 236 Å². The Morgan fingerprint density at radius 2 is 1.46 bits per heavy atom. The Kier molecular flexibility index (Phi) is 9.51. The van der Waals surface area contributed by atoms with Crippen LogP contribution in [0.1, 0.15) is 29.0 Å². The average molecular weight is 562 g/mol. The van der Waals surface area contributed by atoms with E-state index in [4.69, 9.17) is 16.2 Å². The smallest absolute Gasteiger partial charge is 0.407 e. The number of carbonyl (C=O) groups is 3. The lowest BCUT2D eigenvalue weighted by Crippen LogP contribution is -2.53. The molecule has 0 heterocycles. The Hall–Kier alpha value is -4.93. The highest BCUT2D eigenvalue weighted by molar-refractivity contribution is 5.89. The Morgan fingerprint density at radius 3 is 2.05 bits per heavy atom. The molecule has 3 aromatic rings. The largest absolute Gasteiger partial charge is 0.480 e. The van der Waals surface area contributed by atoms with Crippen LogP contribution in [0.15, 0.2) is 83.9 Å². The Balaban J connectivity index is 1.44. The van der Waals surface area contributed by atoms with Crippen LogP contribution in [0.25, 0.3) is 11.1 Å². The van der Waals surface area contributed by atoms with Gasteiger partial charge in [-0.1, -0.05) is 78.9 Å². The predicted molar refractivity (Wildman–Crippen MR) is 152 cm³/mol. The van der Waals surface area contributed by atoms with Gasteiger partial charge in [0.2, 0.25) is 5.91 Å². The summed E-state index contributed by atoms with van der Waals surface area (Å²) in [4.78, 5) is 41.5. The summed E-state index contributed by atoms with van der Waals surface area (Å²) in [6, 6.07) is 21.9. The van der Waals surface area contributed by atoms with Crippen LogP contribution in [0.4, 0.5) is 9.18 Å². The van der Waals surface area contributed by atoms with Crippen molar-refractivity contribution in [3.8, 4) is 11.1 Å². The summed E-state index contributed by atoms with van der Waals surface area (Å²) in [6.07, 6.45) is -3.08. The number of nitrogens with zero attached hydrogens (tertiary/aromatic N) is 1. The molecule has 1 aliphatic rings. The molecule has 0 fully saturated rings. The quantitative estimate of drug-likeness (QED) is 0.167. The number of carbonyl (C=O) groups excluding carboxylic acids is 2. The number of aliphatic carboxylic acids is 1. The van der Waals surface area contributed by atoms with Crippen LogP contribution in [0.2, 0.25) is 0 Å². The van der Waals surface area contributed by atoms with Gasteiger partial charge in [-0.15, -0.1) is 0 Å². The van der Waals surface area contributed by atoms with E-state index < -0.39 is 49.2 Å². The van der Waals surface area contributed by atoms with Crippen molar-refractivity contribution in [2.75, 3.05) is 13.2 Å². The number of alkyl halides is 1. The molecule has 0 saturated carbocycles. The van der Waals surface area contributed by atoms with Crippen LogP contribution in [-0.2, 0) is 20.7 Å². The molecule has 10 nitrogen and oxygen atoms in total. The number of alkyl carbamates (subject to hydrolysis) is 1. The van der Waals surface area contributed by atoms with E-state index in [-0.39, 0.29) is 24.9 Å². The Bertz CT molecular complexity index is 1370. The molecule has 0 aromatic heterocycles. The number of rotatable bonds is 12. The molecule has 3 atom stereocenters. The lowest BCUT2D eigenvalue weighted by Gasteiger charge is -2.22. The van der Waals surface area contributed by atoms with Crippen LogP contribution >= 0.6 is 0 Å². The molecule has 1 aliphatic carbocycles. The van der Waals surface area contributed by atoms with Gasteiger partial charge < -0.3 is 31.9 Å². The van der Waals surface area contributed by atoms with Crippen LogP contribution in [0.5, 0.6) is 0 Å². The van der Waals surface area contributed by atoms with Gasteiger partial charge in [0.25, 0.3) is 0 Å². The third-order valence-electron chi connectivity index (χ3n) is 6.81. The van der Waals surface area contributed by atoms with Crippen LogP contribution in [0.3, 0.4) is 0 Å². The lowest BCUT2D eigenvalue weighted by molar-refractivity contribution is -0.142. The van der Waals surface area contributed by atoms with E-state index in [9.17, 15) is 23.9 Å². The summed E-state index contributed by atoms with van der Waals surface area (Å²) in [5.74, 6) is -2.76. The van der Waals surface area contributed by atoms with Crippen LogP contribution in [-0.4, -0.2) is 60.4 Å². The minimum atomic E-state index is -1.72. The van der Waals surface area contributed by atoms with Crippen molar-refractivity contribution in [3.63, 3.8) is 0 Å². The molecule has 0 radical (unpaired) electrons. The number of hydrogen-bond donors (Lipinski definition) is 5. The fourth-order valence-electron chi connectivity index (χ4n) is 4.87. The number of nitrogens with two attached hydrogens (primary N) is 2. The van der Waals surface area contributed by atoms with E-state index in [1.807, 2.05) is 48.5 Å². The first-order chi connectivity index (χ1) is 19.7. The summed E-state index contributed by atoms with van der Waals surface area (Å²) >= 11 is 0. The summed E-state index contributed by atoms with van der Waals surface area (Å²) in [5.41, 5.74) is 15.3. The van der Waals surface area contributed by atoms with Gasteiger partial charge in [0.1, 0.15) is 24.9 Å². The van der Waals surface area contributed by atoms with Crippen molar-refractivity contribution < 1.29 is 28.6 Å². The van der Waals surface area contributed by atoms with Gasteiger partial charge in [0, 0.05) is 18.8 Å². The van der Waals surface area contributed by atoms with E-state index in [1.165, 1.54) is 0 Å². The second-order valence-corrected chi connectivity index (χ2v) is 9.71. The molecule has 11 heteroatoms. The normalized spacial score (nSPS) is 14.1. The van der Waals surface area contributed by atoms with Crippen molar-refractivity contribution in [2.24, 2.45) is 16.5 Å². The number of halogens is 1. The van der Waals surface area contributed by atoms with Crippen LogP contribution in [0, 0.1) is 0 Å². The fourth-order valence-corrected chi connectivity index (χ4v) is 4.87. The van der Waals surface area contributed by atoms with E-state index in [0.717, 1.165) is 27.8 Å². The first-order valence-electron chi connectivity index (χ1n) is 13.1. The zero-order valence-corrected chi connectivity index (χ0v) is 22.2. The topological polar surface area (TPSA) is 169 Å². The van der Waals surface area contributed by atoms with Gasteiger partial charge in [-0.3, -0.25) is 9.79 Å². The van der Waals surface area contributed by atoms with Gasteiger partial charge in [0.15, 0.2) is 5.96 Å². The van der Waals surface area contributed by atoms with Crippen molar-refractivity contribution in [1.82, 2.24) is 10.6 Å². The molecule has 0 bridgehead atoms. The first kappa shape index (κ1) is 29.1. The minimum Gasteiger partial charge on any atom is -0.480 e. The molecular weight excluding hydrogens is 529 g/mol. The molecule has 1 unspecified atom stereocenters. The molecule has 4 rings (SSSR count). The van der Waals surface area contributed by atoms with Gasteiger partial charge in [-0.2, -0.15) is 0 Å². The molecule has 7 N–H and O–H groups in total. The molecular formula is C30H32FN5O5. The first-order valence-corrected chi connectivity index (χ1v) is 13.1. The van der Waals surface area contributed by atoms with E-state index in [1.54, 1.807) is 30.3 Å². The predicted octanol–water partition coefficient (Wildman–Crippen LogP) is 2.71. The van der Waals surface area contributed by atoms with Gasteiger partial charge in [-0.25, -0.2) is 14.0 Å². The SMILES string of the molecule is NC(N)=NCC(F)C[C@H](NC(=O)[C@H](Cc1ccccc1)NC(=O)OCC1c2ccccc2-c2ccccc21)C(=O)O. The maximum atomic E-state index is 14.3. The molecule has 0 spiro atoms. The number of carboxylic acids is 1. The van der Waals surface area contributed by atoms with Crippen molar-refractivity contribution in [3.05, 3.63) is 95.6 Å². The van der Waals surface area contributed by atoms with Crippen LogP contribution < -0.4 is 22.1 Å². The highest BCUT2D eigenvalue weighted by Gasteiger charge is 2.31. The summed E-state index contributed by atoms with van der Waals surface area (Å²) < 4.78 is 19.9. The summed E-state index contributed by atoms with van der Waals surface area (Å²) in [5, 5.41) is 14.5. The van der Waals surface area contributed by atoms with Crippen molar-refractivity contribution in [2.45, 2.75) is 37.0 Å². The lowest BCUT2D eigenvalue weighted by atomic mass is 9.98. The molecule has 0 saturated heterocycles. The molecule has 214 valence electrons. The monoisotopic (exact) mass is 561 g/mol. The maximum Gasteiger partial charge on any atom is 0.407 e. The fraction of sp³-hybridized carbons (Fsp3) is 0.267. The number of hydrogen-bond acceptors (Lipinski definition) is 5. The second-order valence-electron chi connectivity index (χ2n) is 9.71. The summed E-state index contributed by atoms with van der Waals surface area (Å²) in [6.45, 7) is -0.418. The highest BCUT2D eigenvalue weighted by atomic mass is 19.1. The van der Waals surface area contributed by atoms with E-state index in [0.29, 0.717) is 0 Å². The maximum absolute atomic E-state index is 14.3. The van der Waals surface area contributed by atoms with E-state index >= 15 is 0 Å². The third kappa shape index (κ3) is 7.59. The van der Waals surface area contributed by atoms with E-state index in [2.05, 4.69) is 15.6 Å². The highest BCUT2D eigenvalue weighted by Crippen LogP contribution is 2.44. The zero-order valence-electron chi connectivity index (χ0n) is 22.2. The molecule has 2 amide bonds. The number of amides is 2. The average Bonchev–Trinajstić information content (AvgIpc) is 3.28. The summed E-state index contributed by atoms with van der Waals surface area (Å²) in [7, 11) is 0. The van der Waals surface area contributed by atoms with Gasteiger partial charge in [-0.05, 0) is 27.8 Å².